The van der Waals surface area contributed by atoms with Gasteiger partial charge in [-0.2, -0.15) is 0 Å². The van der Waals surface area contributed by atoms with Gasteiger partial charge in [0.25, 0.3) is 0 Å². The molecular weight excluding hydrogens is 406 g/mol. The third-order valence-electron chi connectivity index (χ3n) is 5.44. The van der Waals surface area contributed by atoms with Gasteiger partial charge < -0.3 is 20.3 Å². The van der Waals surface area contributed by atoms with Crippen LogP contribution in [0.5, 0.6) is 0 Å². The maximum Gasteiger partial charge on any atom is 0.341 e. The molecule has 1 aromatic heterocycles. The third-order valence-corrected chi connectivity index (χ3v) is 6.89. The summed E-state index contributed by atoms with van der Waals surface area (Å²) < 4.78 is 5.34. The molecule has 1 aliphatic heterocycles. The molecule has 2 aliphatic rings. The van der Waals surface area contributed by atoms with E-state index in [9.17, 15) is 9.59 Å². The van der Waals surface area contributed by atoms with Gasteiger partial charge in [-0.25, -0.2) is 4.79 Å². The Morgan fingerprint density at radius 1 is 1.17 bits per heavy atom. The fourth-order valence-electron chi connectivity index (χ4n) is 3.99. The molecule has 2 heterocycles. The monoisotopic (exact) mass is 437 g/mol. The van der Waals surface area contributed by atoms with E-state index in [1.54, 1.807) is 11.3 Å². The molecule has 8 heteroatoms. The van der Waals surface area contributed by atoms with Gasteiger partial charge in [0.15, 0.2) is 5.11 Å². The average molecular weight is 438 g/mol. The molecule has 160 valence electrons. The quantitative estimate of drug-likeness (QED) is 0.383. The Hall–Kier alpha value is -1.67. The first-order valence-corrected chi connectivity index (χ1v) is 12.0. The molecule has 1 saturated heterocycles. The first-order chi connectivity index (χ1) is 14.1. The SMILES string of the molecule is CCOC(=O)c1c(NC(=S)NCCCN2CCCC2=O)sc2c1CCCCCC2. The summed E-state index contributed by atoms with van der Waals surface area (Å²) in [5.41, 5.74) is 1.81. The number of nitrogens with zero attached hydrogens (tertiary/aromatic N) is 1. The number of carbonyl (C=O) groups is 2. The van der Waals surface area contributed by atoms with Crippen molar-refractivity contribution in [3.63, 3.8) is 0 Å². The molecule has 0 aromatic carbocycles. The molecule has 29 heavy (non-hydrogen) atoms. The minimum absolute atomic E-state index is 0.251. The van der Waals surface area contributed by atoms with Crippen LogP contribution in [0.15, 0.2) is 0 Å². The Balaban J connectivity index is 1.60. The van der Waals surface area contributed by atoms with Crippen LogP contribution in [0.3, 0.4) is 0 Å². The maximum atomic E-state index is 12.7. The number of fused-ring (bicyclic) bond motifs is 1. The number of hydrogen-bond acceptors (Lipinski definition) is 5. The Kier molecular flexibility index (Phi) is 8.29. The highest BCUT2D eigenvalue weighted by molar-refractivity contribution is 7.80. The largest absolute Gasteiger partial charge is 0.462 e. The smallest absolute Gasteiger partial charge is 0.341 e. The van der Waals surface area contributed by atoms with Crippen LogP contribution in [0, 0.1) is 0 Å². The Morgan fingerprint density at radius 3 is 2.69 bits per heavy atom. The van der Waals surface area contributed by atoms with Gasteiger partial charge in [0.2, 0.25) is 5.91 Å². The number of ether oxygens (including phenoxy) is 1. The highest BCUT2D eigenvalue weighted by Gasteiger charge is 2.25. The lowest BCUT2D eigenvalue weighted by atomic mass is 9.96. The van der Waals surface area contributed by atoms with Gasteiger partial charge in [0, 0.05) is 30.9 Å². The molecule has 2 N–H and O–H groups in total. The standard InChI is InChI=1S/C21H31N3O3S2/c1-2-27-20(26)18-15-9-5-3-4-6-10-16(15)29-19(18)23-21(28)22-12-8-14-24-13-7-11-17(24)25/h2-14H2,1H3,(H2,22,23,28). The van der Waals surface area contributed by atoms with Gasteiger partial charge >= 0.3 is 5.97 Å². The number of esters is 1. The predicted molar refractivity (Wildman–Crippen MR) is 121 cm³/mol. The second kappa shape index (κ2) is 10.9. The number of rotatable bonds is 7. The van der Waals surface area contributed by atoms with Crippen molar-refractivity contribution in [2.45, 2.75) is 64.7 Å². The van der Waals surface area contributed by atoms with E-state index < -0.39 is 0 Å². The van der Waals surface area contributed by atoms with Crippen molar-refractivity contribution in [3.8, 4) is 0 Å². The molecule has 0 atom stereocenters. The van der Waals surface area contributed by atoms with Gasteiger partial charge in [0.05, 0.1) is 12.2 Å². The molecule has 0 radical (unpaired) electrons. The lowest BCUT2D eigenvalue weighted by molar-refractivity contribution is -0.127. The van der Waals surface area contributed by atoms with Crippen molar-refractivity contribution in [1.82, 2.24) is 10.2 Å². The van der Waals surface area contributed by atoms with E-state index in [1.165, 1.54) is 17.7 Å². The fourth-order valence-corrected chi connectivity index (χ4v) is 5.54. The number of hydrogen-bond donors (Lipinski definition) is 2. The van der Waals surface area contributed by atoms with E-state index in [2.05, 4.69) is 10.6 Å². The summed E-state index contributed by atoms with van der Waals surface area (Å²) in [5.74, 6) is -0.01000. The zero-order valence-electron chi connectivity index (χ0n) is 17.2. The van der Waals surface area contributed by atoms with Crippen LogP contribution in [0.2, 0.25) is 0 Å². The first-order valence-electron chi connectivity index (χ1n) is 10.7. The number of likely N-dealkylation sites (tertiary alicyclic amines) is 1. The van der Waals surface area contributed by atoms with E-state index in [-0.39, 0.29) is 11.9 Å². The normalized spacial score (nSPS) is 16.7. The van der Waals surface area contributed by atoms with Crippen molar-refractivity contribution in [1.29, 1.82) is 0 Å². The van der Waals surface area contributed by atoms with Crippen LogP contribution in [0.4, 0.5) is 5.00 Å². The third kappa shape index (κ3) is 5.92. The highest BCUT2D eigenvalue weighted by Crippen LogP contribution is 2.37. The highest BCUT2D eigenvalue weighted by atomic mass is 32.1. The summed E-state index contributed by atoms with van der Waals surface area (Å²) in [4.78, 5) is 27.5. The van der Waals surface area contributed by atoms with E-state index in [1.807, 2.05) is 11.8 Å². The fraction of sp³-hybridized carbons (Fsp3) is 0.667. The van der Waals surface area contributed by atoms with Crippen LogP contribution in [-0.4, -0.2) is 48.1 Å². The average Bonchev–Trinajstić information content (AvgIpc) is 3.22. The van der Waals surface area contributed by atoms with E-state index in [0.29, 0.717) is 30.2 Å². The first kappa shape index (κ1) is 22.0. The molecule has 0 spiro atoms. The molecule has 0 bridgehead atoms. The summed E-state index contributed by atoms with van der Waals surface area (Å²) in [5, 5.41) is 7.76. The van der Waals surface area contributed by atoms with Crippen molar-refractivity contribution in [3.05, 3.63) is 16.0 Å². The van der Waals surface area contributed by atoms with Gasteiger partial charge in [-0.05, 0) is 63.2 Å². The number of thiophene rings is 1. The Morgan fingerprint density at radius 2 is 1.97 bits per heavy atom. The summed E-state index contributed by atoms with van der Waals surface area (Å²) >= 11 is 7.10. The molecule has 6 nitrogen and oxygen atoms in total. The minimum atomic E-state index is -0.261. The number of carbonyl (C=O) groups excluding carboxylic acids is 2. The lowest BCUT2D eigenvalue weighted by Gasteiger charge is -2.16. The number of aryl methyl sites for hydroxylation is 1. The van der Waals surface area contributed by atoms with Crippen molar-refractivity contribution < 1.29 is 14.3 Å². The second-order valence-electron chi connectivity index (χ2n) is 7.56. The van der Waals surface area contributed by atoms with Crippen LogP contribution in [0.1, 0.15) is 72.7 Å². The van der Waals surface area contributed by atoms with Crippen LogP contribution in [-0.2, 0) is 22.4 Å². The molecule has 0 saturated carbocycles. The molecule has 1 fully saturated rings. The van der Waals surface area contributed by atoms with E-state index >= 15 is 0 Å². The van der Waals surface area contributed by atoms with Gasteiger partial charge in [-0.3, -0.25) is 4.79 Å². The summed E-state index contributed by atoms with van der Waals surface area (Å²) in [7, 11) is 0. The predicted octanol–water partition coefficient (Wildman–Crippen LogP) is 3.88. The van der Waals surface area contributed by atoms with Crippen molar-refractivity contribution >= 4 is 45.5 Å². The number of thiocarbonyl (C=S) groups is 1. The number of nitrogens with one attached hydrogen (secondary N) is 2. The van der Waals surface area contributed by atoms with Gasteiger partial charge in [-0.15, -0.1) is 11.3 Å². The summed E-state index contributed by atoms with van der Waals surface area (Å²) in [6.07, 6.45) is 9.14. The van der Waals surface area contributed by atoms with Crippen LogP contribution < -0.4 is 10.6 Å². The molecule has 1 amide bonds. The molecule has 3 rings (SSSR count). The van der Waals surface area contributed by atoms with Gasteiger partial charge in [-0.1, -0.05) is 12.8 Å². The number of amides is 1. The molecule has 1 aromatic rings. The molecule has 0 unspecified atom stereocenters. The van der Waals surface area contributed by atoms with Gasteiger partial charge in [0.1, 0.15) is 5.00 Å². The zero-order valence-corrected chi connectivity index (χ0v) is 18.8. The summed E-state index contributed by atoms with van der Waals surface area (Å²) in [6.45, 7) is 4.51. The van der Waals surface area contributed by atoms with Crippen molar-refractivity contribution in [2.24, 2.45) is 0 Å². The lowest BCUT2D eigenvalue weighted by Crippen LogP contribution is -2.33. The van der Waals surface area contributed by atoms with E-state index in [0.717, 1.165) is 62.2 Å². The summed E-state index contributed by atoms with van der Waals surface area (Å²) in [6, 6.07) is 0. The second-order valence-corrected chi connectivity index (χ2v) is 9.07. The Labute approximate surface area is 182 Å². The number of anilines is 1. The van der Waals surface area contributed by atoms with E-state index in [4.69, 9.17) is 17.0 Å². The minimum Gasteiger partial charge on any atom is -0.462 e. The van der Waals surface area contributed by atoms with Crippen LogP contribution >= 0.6 is 23.6 Å². The topological polar surface area (TPSA) is 70.7 Å². The van der Waals surface area contributed by atoms with Crippen molar-refractivity contribution in [2.75, 3.05) is 31.6 Å². The molecular formula is C21H31N3O3S2. The Bertz CT molecular complexity index is 748. The van der Waals surface area contributed by atoms with Crippen LogP contribution in [0.25, 0.3) is 0 Å². The maximum absolute atomic E-state index is 12.7. The zero-order chi connectivity index (χ0) is 20.6. The molecule has 1 aliphatic carbocycles.